The molecule has 3 N–H and O–H groups in total. The normalized spacial score (nSPS) is 28.2. The predicted octanol–water partition coefficient (Wildman–Crippen LogP) is 1.93. The summed E-state index contributed by atoms with van der Waals surface area (Å²) >= 11 is 0. The number of rotatable bonds is 1. The minimum absolute atomic E-state index is 0.164. The van der Waals surface area contributed by atoms with Crippen molar-refractivity contribution in [1.82, 2.24) is 0 Å². The molecular weight excluding hydrogens is 212 g/mol. The van der Waals surface area contributed by atoms with Crippen LogP contribution in [0, 0.1) is 0 Å². The fraction of sp³-hybridized carbons (Fsp3) is 0.571. The Bertz CT molecular complexity index is 419. The van der Waals surface area contributed by atoms with Gasteiger partial charge in [-0.25, -0.2) is 0 Å². The maximum absolute atomic E-state index is 10.1. The molecule has 1 aromatic carbocycles. The molecule has 0 amide bonds. The Morgan fingerprint density at radius 1 is 1.24 bits per heavy atom. The molecule has 0 spiro atoms. The van der Waals surface area contributed by atoms with Crippen LogP contribution in [0.5, 0.6) is 0 Å². The first-order valence-corrected chi connectivity index (χ1v) is 6.59. The number of benzene rings is 1. The molecule has 1 aliphatic carbocycles. The molecule has 0 bridgehead atoms. The molecule has 2 atom stereocenters. The highest BCUT2D eigenvalue weighted by atomic mass is 16.3. The number of hydrogen-bond acceptors (Lipinski definition) is 3. The van der Waals surface area contributed by atoms with Gasteiger partial charge in [-0.3, -0.25) is 0 Å². The van der Waals surface area contributed by atoms with Crippen molar-refractivity contribution in [1.29, 1.82) is 0 Å². The lowest BCUT2D eigenvalue weighted by Gasteiger charge is -2.38. The summed E-state index contributed by atoms with van der Waals surface area (Å²) in [5, 5.41) is 10.1. The van der Waals surface area contributed by atoms with E-state index < -0.39 is 0 Å². The zero-order valence-electron chi connectivity index (χ0n) is 10.1. The number of aliphatic hydroxyl groups excluding tert-OH is 1. The van der Waals surface area contributed by atoms with Crippen LogP contribution < -0.4 is 10.6 Å². The standard InChI is InChI=1S/C14H20N2O/c15-11-5-1-6-12-10(11)4-3-9-16(12)13-7-2-8-14(13)17/h1,5-6,13-14,17H,2-4,7-9,15H2. The second-order valence-electron chi connectivity index (χ2n) is 5.21. The molecule has 1 aromatic rings. The van der Waals surface area contributed by atoms with Crippen LogP contribution in [0.2, 0.25) is 0 Å². The highest BCUT2D eigenvalue weighted by Gasteiger charge is 2.33. The van der Waals surface area contributed by atoms with Crippen molar-refractivity contribution in [2.45, 2.75) is 44.2 Å². The fourth-order valence-electron chi connectivity index (χ4n) is 3.31. The molecule has 3 heteroatoms. The zero-order chi connectivity index (χ0) is 11.8. The van der Waals surface area contributed by atoms with Gasteiger partial charge in [0.1, 0.15) is 0 Å². The van der Waals surface area contributed by atoms with E-state index in [-0.39, 0.29) is 6.10 Å². The summed E-state index contributed by atoms with van der Waals surface area (Å²) in [7, 11) is 0. The largest absolute Gasteiger partial charge is 0.398 e. The summed E-state index contributed by atoms with van der Waals surface area (Å²) < 4.78 is 0. The molecular formula is C14H20N2O. The molecule has 3 nitrogen and oxygen atoms in total. The van der Waals surface area contributed by atoms with Gasteiger partial charge in [-0.1, -0.05) is 6.07 Å². The van der Waals surface area contributed by atoms with Crippen LogP contribution in [0.25, 0.3) is 0 Å². The van der Waals surface area contributed by atoms with Gasteiger partial charge in [0.05, 0.1) is 12.1 Å². The van der Waals surface area contributed by atoms with E-state index in [2.05, 4.69) is 11.0 Å². The number of nitrogens with two attached hydrogens (primary N) is 1. The Kier molecular flexibility index (Phi) is 2.71. The van der Waals surface area contributed by atoms with E-state index >= 15 is 0 Å². The first kappa shape index (κ1) is 10.9. The van der Waals surface area contributed by atoms with Crippen molar-refractivity contribution in [3.05, 3.63) is 23.8 Å². The Labute approximate surface area is 102 Å². The van der Waals surface area contributed by atoms with E-state index in [0.717, 1.165) is 44.3 Å². The van der Waals surface area contributed by atoms with Gasteiger partial charge in [0.15, 0.2) is 0 Å². The van der Waals surface area contributed by atoms with Crippen molar-refractivity contribution in [3.63, 3.8) is 0 Å². The van der Waals surface area contributed by atoms with Crippen LogP contribution in [-0.2, 0) is 6.42 Å². The predicted molar refractivity (Wildman–Crippen MR) is 70.2 cm³/mol. The van der Waals surface area contributed by atoms with Crippen molar-refractivity contribution in [2.24, 2.45) is 0 Å². The van der Waals surface area contributed by atoms with Crippen LogP contribution in [0.15, 0.2) is 18.2 Å². The third kappa shape index (κ3) is 1.78. The Balaban J connectivity index is 1.96. The number of nitrogens with zero attached hydrogens (tertiary/aromatic N) is 1. The molecule has 0 aromatic heterocycles. The Hall–Kier alpha value is -1.22. The van der Waals surface area contributed by atoms with Crippen molar-refractivity contribution >= 4 is 11.4 Å². The highest BCUT2D eigenvalue weighted by Crippen LogP contribution is 2.36. The van der Waals surface area contributed by atoms with Crippen molar-refractivity contribution in [3.8, 4) is 0 Å². The number of fused-ring (bicyclic) bond motifs is 1. The molecule has 1 aliphatic heterocycles. The first-order valence-electron chi connectivity index (χ1n) is 6.59. The minimum atomic E-state index is -0.164. The molecule has 1 fully saturated rings. The van der Waals surface area contributed by atoms with Gasteiger partial charge in [0.25, 0.3) is 0 Å². The van der Waals surface area contributed by atoms with Gasteiger partial charge in [0.2, 0.25) is 0 Å². The number of anilines is 2. The average Bonchev–Trinajstić information content (AvgIpc) is 2.75. The first-order chi connectivity index (χ1) is 8.27. The quantitative estimate of drug-likeness (QED) is 0.727. The van der Waals surface area contributed by atoms with Crippen LogP contribution in [0.1, 0.15) is 31.2 Å². The Morgan fingerprint density at radius 2 is 2.12 bits per heavy atom. The van der Waals surface area contributed by atoms with Crippen LogP contribution in [-0.4, -0.2) is 23.8 Å². The van der Waals surface area contributed by atoms with Gasteiger partial charge >= 0.3 is 0 Å². The minimum Gasteiger partial charge on any atom is -0.398 e. The second-order valence-corrected chi connectivity index (χ2v) is 5.21. The highest BCUT2D eigenvalue weighted by molar-refractivity contribution is 5.66. The van der Waals surface area contributed by atoms with E-state index in [1.165, 1.54) is 11.3 Å². The monoisotopic (exact) mass is 232 g/mol. The van der Waals surface area contributed by atoms with E-state index in [4.69, 9.17) is 5.73 Å². The topological polar surface area (TPSA) is 49.5 Å². The molecule has 0 radical (unpaired) electrons. The number of hydrogen-bond donors (Lipinski definition) is 2. The fourth-order valence-corrected chi connectivity index (χ4v) is 3.31. The summed E-state index contributed by atoms with van der Waals surface area (Å²) in [6.07, 6.45) is 5.24. The maximum Gasteiger partial charge on any atom is 0.0743 e. The molecule has 1 heterocycles. The summed E-state index contributed by atoms with van der Waals surface area (Å²) in [5.74, 6) is 0. The summed E-state index contributed by atoms with van der Waals surface area (Å²) in [4.78, 5) is 2.38. The second kappa shape index (κ2) is 4.22. The number of nitrogen functional groups attached to an aromatic ring is 1. The van der Waals surface area contributed by atoms with Crippen LogP contribution in [0.4, 0.5) is 11.4 Å². The van der Waals surface area contributed by atoms with Gasteiger partial charge in [0, 0.05) is 17.9 Å². The molecule has 0 saturated heterocycles. The van der Waals surface area contributed by atoms with E-state index in [1.54, 1.807) is 0 Å². The SMILES string of the molecule is Nc1cccc2c1CCCN2C1CCCC1O. The average molecular weight is 232 g/mol. The molecule has 3 rings (SSSR count). The van der Waals surface area contributed by atoms with E-state index in [0.29, 0.717) is 6.04 Å². The summed E-state index contributed by atoms with van der Waals surface area (Å²) in [6.45, 7) is 1.05. The lowest BCUT2D eigenvalue weighted by molar-refractivity contribution is 0.160. The molecule has 17 heavy (non-hydrogen) atoms. The lowest BCUT2D eigenvalue weighted by Crippen LogP contribution is -2.43. The van der Waals surface area contributed by atoms with Gasteiger partial charge in [-0.15, -0.1) is 0 Å². The molecule has 2 aliphatic rings. The van der Waals surface area contributed by atoms with Crippen LogP contribution in [0.3, 0.4) is 0 Å². The third-order valence-corrected chi connectivity index (χ3v) is 4.17. The zero-order valence-corrected chi connectivity index (χ0v) is 10.1. The molecule has 92 valence electrons. The summed E-state index contributed by atoms with van der Waals surface area (Å²) in [6, 6.07) is 6.45. The molecule has 1 saturated carbocycles. The molecule has 2 unspecified atom stereocenters. The smallest absolute Gasteiger partial charge is 0.0743 e. The maximum atomic E-state index is 10.1. The van der Waals surface area contributed by atoms with E-state index in [9.17, 15) is 5.11 Å². The Morgan fingerprint density at radius 3 is 2.88 bits per heavy atom. The lowest BCUT2D eigenvalue weighted by atomic mass is 9.97. The van der Waals surface area contributed by atoms with E-state index in [1.807, 2.05) is 12.1 Å². The van der Waals surface area contributed by atoms with Gasteiger partial charge in [-0.2, -0.15) is 0 Å². The van der Waals surface area contributed by atoms with Crippen molar-refractivity contribution < 1.29 is 5.11 Å². The number of aliphatic hydroxyl groups is 1. The summed E-state index contributed by atoms with van der Waals surface area (Å²) in [5.41, 5.74) is 9.48. The van der Waals surface area contributed by atoms with Gasteiger partial charge < -0.3 is 15.7 Å². The van der Waals surface area contributed by atoms with Crippen molar-refractivity contribution in [2.75, 3.05) is 17.2 Å². The van der Waals surface area contributed by atoms with Gasteiger partial charge in [-0.05, 0) is 49.8 Å². The van der Waals surface area contributed by atoms with Crippen LogP contribution >= 0.6 is 0 Å². The third-order valence-electron chi connectivity index (χ3n) is 4.17.